The van der Waals surface area contributed by atoms with E-state index >= 15 is 0 Å². The van der Waals surface area contributed by atoms with Gasteiger partial charge in [0, 0.05) is 25.1 Å². The van der Waals surface area contributed by atoms with Gasteiger partial charge in [0.2, 0.25) is 0 Å². The summed E-state index contributed by atoms with van der Waals surface area (Å²) in [6, 6.07) is 5.45. The number of nitrogens with one attached hydrogen (secondary N) is 1. The smallest absolute Gasteiger partial charge is 0.269 e. The molecule has 0 bridgehead atoms. The topological polar surface area (TPSA) is 165 Å². The Morgan fingerprint density at radius 1 is 1.08 bits per heavy atom. The fraction of sp³-hybridized carbons (Fsp3) is 0.318. The number of aromatic hydroxyl groups is 1. The van der Waals surface area contributed by atoms with Crippen LogP contribution in [0.5, 0.6) is 17.2 Å². The molecular weight excluding hydrogens is 734 g/mol. The van der Waals surface area contributed by atoms with Gasteiger partial charge in [-0.25, -0.2) is 0 Å². The molecule has 10 nitrogen and oxygen atoms in total. The van der Waals surface area contributed by atoms with Crippen LogP contribution in [0.2, 0.25) is 0 Å². The highest BCUT2D eigenvalue weighted by atomic mass is 79.9. The van der Waals surface area contributed by atoms with Gasteiger partial charge in [-0.05, 0) is 100 Å². The first-order chi connectivity index (χ1) is 17.1. The number of hydrogen-bond donors (Lipinski definition) is 5. The first-order valence-corrected chi connectivity index (χ1v) is 13.6. The Hall–Kier alpha value is -2.03. The summed E-state index contributed by atoms with van der Waals surface area (Å²) in [6.07, 6.45) is 1.07. The number of benzene rings is 2. The average molecular weight is 759 g/mol. The van der Waals surface area contributed by atoms with Crippen molar-refractivity contribution in [3.05, 3.63) is 47.2 Å². The summed E-state index contributed by atoms with van der Waals surface area (Å²) in [4.78, 5) is 16.5. The number of nitrogens with zero attached hydrogens (tertiary/aromatic N) is 2. The molecule has 2 rings (SSSR count). The van der Waals surface area contributed by atoms with Crippen LogP contribution in [0.3, 0.4) is 0 Å². The monoisotopic (exact) mass is 755 g/mol. The molecule has 36 heavy (non-hydrogen) atoms. The quantitative estimate of drug-likeness (QED) is 0.0711. The molecule has 0 saturated heterocycles. The van der Waals surface area contributed by atoms with Crippen molar-refractivity contribution in [2.45, 2.75) is 19.3 Å². The molecule has 7 N–H and O–H groups in total. The summed E-state index contributed by atoms with van der Waals surface area (Å²) in [7, 11) is 1.46. The largest absolute Gasteiger partial charge is 0.506 e. The van der Waals surface area contributed by atoms with Gasteiger partial charge in [0.05, 0.1) is 27.1 Å². The summed E-state index contributed by atoms with van der Waals surface area (Å²) < 4.78 is 13.5. The number of carbonyl (C=O) groups excluding carboxylic acids is 1. The highest BCUT2D eigenvalue weighted by Crippen LogP contribution is 2.42. The fourth-order valence-electron chi connectivity index (χ4n) is 3.06. The zero-order valence-corrected chi connectivity index (χ0v) is 25.5. The number of nitrogens with two attached hydrogens (primary N) is 2. The van der Waals surface area contributed by atoms with Crippen LogP contribution >= 0.6 is 63.7 Å². The summed E-state index contributed by atoms with van der Waals surface area (Å²) in [5.74, 6) is 0.415. The standard InChI is InChI=1S/C22H25Br4N5O5/c1-35-20-15(25)9-12(18(32)17(20)26)10-16(31-34)21(33)29-4-2-6-36-19-13(23)7-11(8-14(19)24)3-5-30-22(27)28/h7-9,32,34H,2-6,10H2,1H3,(H,29,33)(H4,27,28,30)/b31-16+. The number of amides is 1. The zero-order valence-electron chi connectivity index (χ0n) is 19.2. The zero-order chi connectivity index (χ0) is 26.8. The Labute approximate surface area is 242 Å². The average Bonchev–Trinajstić information content (AvgIpc) is 2.81. The van der Waals surface area contributed by atoms with Gasteiger partial charge < -0.3 is 36.6 Å². The molecular formula is C22H25Br4N5O5. The molecule has 1 amide bonds. The minimum Gasteiger partial charge on any atom is -0.506 e. The minimum atomic E-state index is -0.563. The third kappa shape index (κ3) is 8.53. The van der Waals surface area contributed by atoms with Crippen LogP contribution in [-0.4, -0.2) is 54.7 Å². The highest BCUT2D eigenvalue weighted by Gasteiger charge is 2.20. The molecule has 0 aliphatic carbocycles. The van der Waals surface area contributed by atoms with Gasteiger partial charge in [0.1, 0.15) is 21.7 Å². The normalized spacial score (nSPS) is 11.2. The molecule has 0 aliphatic rings. The van der Waals surface area contributed by atoms with Crippen molar-refractivity contribution < 1.29 is 24.6 Å². The lowest BCUT2D eigenvalue weighted by atomic mass is 10.1. The second-order valence-corrected chi connectivity index (χ2v) is 10.7. The van der Waals surface area contributed by atoms with Gasteiger partial charge in [-0.3, -0.25) is 9.79 Å². The van der Waals surface area contributed by atoms with Gasteiger partial charge in [-0.2, -0.15) is 0 Å². The summed E-state index contributed by atoms with van der Waals surface area (Å²) in [5.41, 5.74) is 11.9. The van der Waals surface area contributed by atoms with Crippen LogP contribution in [0.1, 0.15) is 17.5 Å². The molecule has 0 atom stereocenters. The summed E-state index contributed by atoms with van der Waals surface area (Å²) in [5, 5.41) is 25.5. The molecule has 2 aromatic rings. The van der Waals surface area contributed by atoms with E-state index in [0.717, 1.165) is 14.5 Å². The van der Waals surface area contributed by atoms with E-state index in [0.29, 0.717) is 52.0 Å². The number of ether oxygens (including phenoxy) is 2. The lowest BCUT2D eigenvalue weighted by Crippen LogP contribution is -2.33. The number of halogens is 4. The maximum atomic E-state index is 12.5. The Balaban J connectivity index is 1.87. The van der Waals surface area contributed by atoms with E-state index in [9.17, 15) is 15.1 Å². The van der Waals surface area contributed by atoms with E-state index in [1.54, 1.807) is 6.07 Å². The van der Waals surface area contributed by atoms with E-state index in [2.05, 4.69) is 79.2 Å². The number of oxime groups is 1. The van der Waals surface area contributed by atoms with Crippen molar-refractivity contribution in [3.63, 3.8) is 0 Å². The lowest BCUT2D eigenvalue weighted by Gasteiger charge is -2.14. The van der Waals surface area contributed by atoms with Gasteiger partial charge in [0.15, 0.2) is 11.7 Å². The first kappa shape index (κ1) is 30.2. The molecule has 0 radical (unpaired) electrons. The molecule has 0 unspecified atom stereocenters. The van der Waals surface area contributed by atoms with E-state index in [4.69, 9.17) is 20.9 Å². The van der Waals surface area contributed by atoms with Crippen LogP contribution in [-0.2, 0) is 17.6 Å². The molecule has 0 saturated carbocycles. The van der Waals surface area contributed by atoms with Crippen LogP contribution in [0, 0.1) is 0 Å². The number of hydrogen-bond acceptors (Lipinski definition) is 7. The number of phenols is 1. The third-order valence-corrected chi connectivity index (χ3v) is 7.28. The van der Waals surface area contributed by atoms with E-state index in [-0.39, 0.29) is 30.4 Å². The lowest BCUT2D eigenvalue weighted by molar-refractivity contribution is -0.115. The number of aliphatic imine (C=N–C) groups is 1. The fourth-order valence-corrected chi connectivity index (χ4v) is 6.11. The second-order valence-electron chi connectivity index (χ2n) is 7.34. The minimum absolute atomic E-state index is 0.0533. The molecule has 0 fully saturated rings. The van der Waals surface area contributed by atoms with Crippen LogP contribution < -0.4 is 26.3 Å². The van der Waals surface area contributed by atoms with Crippen LogP contribution in [0.4, 0.5) is 0 Å². The van der Waals surface area contributed by atoms with Crippen LogP contribution in [0.25, 0.3) is 0 Å². The Morgan fingerprint density at radius 3 is 2.31 bits per heavy atom. The van der Waals surface area contributed by atoms with Crippen molar-refractivity contribution in [2.75, 3.05) is 26.8 Å². The van der Waals surface area contributed by atoms with Gasteiger partial charge in [-0.1, -0.05) is 5.16 Å². The molecule has 2 aromatic carbocycles. The third-order valence-electron chi connectivity index (χ3n) is 4.78. The molecule has 14 heteroatoms. The van der Waals surface area contributed by atoms with E-state index < -0.39 is 5.91 Å². The number of rotatable bonds is 12. The van der Waals surface area contributed by atoms with Gasteiger partial charge in [-0.15, -0.1) is 0 Å². The molecule has 0 spiro atoms. The van der Waals surface area contributed by atoms with Crippen molar-refractivity contribution in [1.82, 2.24) is 5.32 Å². The van der Waals surface area contributed by atoms with Crippen molar-refractivity contribution >= 4 is 81.3 Å². The highest BCUT2D eigenvalue weighted by molar-refractivity contribution is 9.11. The van der Waals surface area contributed by atoms with Gasteiger partial charge >= 0.3 is 0 Å². The second kappa shape index (κ2) is 14.6. The van der Waals surface area contributed by atoms with E-state index in [1.807, 2.05) is 12.1 Å². The number of carbonyl (C=O) groups is 1. The van der Waals surface area contributed by atoms with Gasteiger partial charge in [0.25, 0.3) is 5.91 Å². The molecule has 0 aliphatic heterocycles. The SMILES string of the molecule is COc1c(Br)cc(C/C(=N\O)C(=O)NCCCOc2c(Br)cc(CCN=C(N)N)cc2Br)c(O)c1Br. The van der Waals surface area contributed by atoms with Crippen molar-refractivity contribution in [3.8, 4) is 17.2 Å². The van der Waals surface area contributed by atoms with Crippen molar-refractivity contribution in [1.29, 1.82) is 0 Å². The van der Waals surface area contributed by atoms with E-state index in [1.165, 1.54) is 7.11 Å². The predicted molar refractivity (Wildman–Crippen MR) is 152 cm³/mol. The molecule has 196 valence electrons. The number of phenolic OH excluding ortho intramolecular Hbond substituents is 1. The molecule has 0 heterocycles. The summed E-state index contributed by atoms with van der Waals surface area (Å²) in [6.45, 7) is 1.09. The Bertz CT molecular complexity index is 1130. The van der Waals surface area contributed by atoms with Crippen LogP contribution in [0.15, 0.2) is 46.2 Å². The molecule has 0 aromatic heterocycles. The maximum Gasteiger partial charge on any atom is 0.269 e. The Kier molecular flexibility index (Phi) is 12.3. The number of methoxy groups -OCH3 is 1. The number of guanidine groups is 1. The predicted octanol–water partition coefficient (Wildman–Crippen LogP) is 4.22. The van der Waals surface area contributed by atoms with Crippen molar-refractivity contribution in [2.24, 2.45) is 21.6 Å². The first-order valence-electron chi connectivity index (χ1n) is 10.5. The Morgan fingerprint density at radius 2 is 1.72 bits per heavy atom. The maximum absolute atomic E-state index is 12.5. The summed E-state index contributed by atoms with van der Waals surface area (Å²) >= 11 is 13.6.